The highest BCUT2D eigenvalue weighted by Crippen LogP contribution is 2.29. The summed E-state index contributed by atoms with van der Waals surface area (Å²) in [5.74, 6) is -1.01. The van der Waals surface area contributed by atoms with Crippen LogP contribution in [-0.2, 0) is 9.59 Å². The van der Waals surface area contributed by atoms with Crippen LogP contribution >= 0.6 is 0 Å². The van der Waals surface area contributed by atoms with Gasteiger partial charge < -0.3 is 10.4 Å². The molecule has 0 spiro atoms. The van der Waals surface area contributed by atoms with Crippen LogP contribution in [0.2, 0.25) is 0 Å². The van der Waals surface area contributed by atoms with Crippen molar-refractivity contribution in [2.45, 2.75) is 93.4 Å². The van der Waals surface area contributed by atoms with E-state index in [4.69, 9.17) is 0 Å². The molecule has 0 saturated carbocycles. The second kappa shape index (κ2) is 11.9. The van der Waals surface area contributed by atoms with E-state index in [0.29, 0.717) is 24.2 Å². The topological polar surface area (TPSA) is 66.4 Å². The molecule has 1 rings (SSSR count). The van der Waals surface area contributed by atoms with Gasteiger partial charge in [0.25, 0.3) is 0 Å². The molecule has 0 amide bonds. The van der Waals surface area contributed by atoms with E-state index < -0.39 is 5.78 Å². The van der Waals surface area contributed by atoms with Crippen LogP contribution in [-0.4, -0.2) is 23.2 Å². The molecule has 4 heteroatoms. The minimum absolute atomic E-state index is 0.0321. The number of aliphatic hydroxyl groups is 1. The van der Waals surface area contributed by atoms with Gasteiger partial charge in [-0.15, -0.1) is 0 Å². The quantitative estimate of drug-likeness (QED) is 0.229. The Morgan fingerprint density at radius 1 is 1.00 bits per heavy atom. The molecule has 2 N–H and O–H groups in total. The molecule has 0 fully saturated rings. The van der Waals surface area contributed by atoms with Gasteiger partial charge in [-0.25, -0.2) is 0 Å². The van der Waals surface area contributed by atoms with E-state index in [-0.39, 0.29) is 29.0 Å². The Labute approximate surface area is 183 Å². The Balaban J connectivity index is 3.08. The number of carbonyl (C=O) groups excluding carboxylic acids is 2. The van der Waals surface area contributed by atoms with Gasteiger partial charge in [0, 0.05) is 12.1 Å². The van der Waals surface area contributed by atoms with Crippen molar-refractivity contribution < 1.29 is 14.7 Å². The van der Waals surface area contributed by atoms with Crippen molar-refractivity contribution in [2.24, 2.45) is 5.41 Å². The van der Waals surface area contributed by atoms with Crippen molar-refractivity contribution in [3.63, 3.8) is 0 Å². The zero-order valence-electron chi connectivity index (χ0n) is 20.1. The molecule has 0 aromatic heterocycles. The summed E-state index contributed by atoms with van der Waals surface area (Å²) in [4.78, 5) is 26.1. The van der Waals surface area contributed by atoms with Crippen LogP contribution in [0.1, 0.15) is 93.4 Å². The highest BCUT2D eigenvalue weighted by Gasteiger charge is 2.34. The van der Waals surface area contributed by atoms with E-state index in [9.17, 15) is 14.7 Å². The Bertz CT molecular complexity index is 754. The predicted molar refractivity (Wildman–Crippen MR) is 125 cm³/mol. The molecule has 0 atom stereocenters. The molecule has 0 aromatic carbocycles. The molecule has 168 valence electrons. The Morgan fingerprint density at radius 2 is 1.67 bits per heavy atom. The van der Waals surface area contributed by atoms with Crippen LogP contribution < -0.4 is 5.32 Å². The summed E-state index contributed by atoms with van der Waals surface area (Å²) >= 11 is 0. The average molecular weight is 416 g/mol. The summed E-state index contributed by atoms with van der Waals surface area (Å²) < 4.78 is 0. The number of unbranched alkanes of at least 4 members (excludes halogenated alkanes) is 2. The van der Waals surface area contributed by atoms with Gasteiger partial charge in [0.15, 0.2) is 5.76 Å². The van der Waals surface area contributed by atoms with Gasteiger partial charge >= 0.3 is 0 Å². The second-order valence-electron chi connectivity index (χ2n) is 9.79. The zero-order valence-corrected chi connectivity index (χ0v) is 20.1. The normalized spacial score (nSPS) is 15.8. The third kappa shape index (κ3) is 8.33. The van der Waals surface area contributed by atoms with Gasteiger partial charge in [0.2, 0.25) is 11.6 Å². The van der Waals surface area contributed by atoms with Crippen LogP contribution in [0.3, 0.4) is 0 Å². The van der Waals surface area contributed by atoms with Crippen molar-refractivity contribution in [2.75, 3.05) is 6.54 Å². The van der Waals surface area contributed by atoms with Crippen molar-refractivity contribution in [3.05, 3.63) is 45.9 Å². The van der Waals surface area contributed by atoms with E-state index in [0.717, 1.165) is 37.7 Å². The summed E-state index contributed by atoms with van der Waals surface area (Å²) in [6, 6.07) is 0. The van der Waals surface area contributed by atoms with E-state index in [1.54, 1.807) is 0 Å². The third-order valence-electron chi connectivity index (χ3n) is 5.15. The maximum atomic E-state index is 13.2. The lowest BCUT2D eigenvalue weighted by Gasteiger charge is -2.26. The molecule has 30 heavy (non-hydrogen) atoms. The number of rotatable bonds is 11. The number of nitrogens with one attached hydrogen (secondary N) is 1. The molecular formula is C26H41NO3. The molecule has 0 radical (unpaired) electrons. The predicted octanol–water partition coefficient (Wildman–Crippen LogP) is 6.50. The first kappa shape index (κ1) is 25.9. The summed E-state index contributed by atoms with van der Waals surface area (Å²) in [6.07, 6.45) is 9.63. The molecule has 1 aliphatic carbocycles. The number of Topliss-reactive ketones (excluding diaryl/α,β-unsaturated/α-hetero) is 2. The SMILES string of the molecule is CCCCCC1=C(NCC(C)(C)C)C(=O)C(CC=C(C)CCC=C(C)C)=C(O)C1=O. The molecule has 1 aliphatic rings. The smallest absolute Gasteiger partial charge is 0.225 e. The fourth-order valence-corrected chi connectivity index (χ4v) is 3.28. The molecule has 4 nitrogen and oxygen atoms in total. The van der Waals surface area contributed by atoms with E-state index >= 15 is 0 Å². The molecular weight excluding hydrogens is 374 g/mol. The summed E-state index contributed by atoms with van der Waals surface area (Å²) in [5, 5.41) is 13.8. The van der Waals surface area contributed by atoms with Gasteiger partial charge in [-0.3, -0.25) is 9.59 Å². The summed E-state index contributed by atoms with van der Waals surface area (Å²) in [6.45, 7) is 15.1. The van der Waals surface area contributed by atoms with Crippen LogP contribution in [0.4, 0.5) is 0 Å². The lowest BCUT2D eigenvalue weighted by atomic mass is 9.86. The van der Waals surface area contributed by atoms with Gasteiger partial charge in [-0.1, -0.05) is 63.8 Å². The second-order valence-corrected chi connectivity index (χ2v) is 9.79. The minimum Gasteiger partial charge on any atom is -0.504 e. The van der Waals surface area contributed by atoms with Gasteiger partial charge in [0.05, 0.1) is 11.3 Å². The highest BCUT2D eigenvalue weighted by atomic mass is 16.3. The number of carbonyl (C=O) groups is 2. The number of hydrogen-bond acceptors (Lipinski definition) is 4. The lowest BCUT2D eigenvalue weighted by molar-refractivity contribution is -0.118. The molecule has 0 aromatic rings. The Hall–Kier alpha value is -2.10. The first-order chi connectivity index (χ1) is 14.0. The first-order valence-electron chi connectivity index (χ1n) is 11.3. The lowest BCUT2D eigenvalue weighted by Crippen LogP contribution is -2.35. The molecule has 0 heterocycles. The van der Waals surface area contributed by atoms with Crippen molar-refractivity contribution in [3.8, 4) is 0 Å². The van der Waals surface area contributed by atoms with Crippen molar-refractivity contribution >= 4 is 11.6 Å². The van der Waals surface area contributed by atoms with Crippen LogP contribution in [0.15, 0.2) is 45.9 Å². The van der Waals surface area contributed by atoms with Gasteiger partial charge in [-0.05, 0) is 58.3 Å². The van der Waals surface area contributed by atoms with E-state index in [1.165, 1.54) is 5.57 Å². The fourth-order valence-electron chi connectivity index (χ4n) is 3.28. The third-order valence-corrected chi connectivity index (χ3v) is 5.15. The van der Waals surface area contributed by atoms with Crippen LogP contribution in [0, 0.1) is 5.41 Å². The zero-order chi connectivity index (χ0) is 22.9. The number of ketones is 2. The maximum absolute atomic E-state index is 13.2. The van der Waals surface area contributed by atoms with E-state index in [2.05, 4.69) is 52.9 Å². The van der Waals surface area contributed by atoms with Crippen molar-refractivity contribution in [1.82, 2.24) is 5.32 Å². The molecule has 0 aliphatic heterocycles. The van der Waals surface area contributed by atoms with Gasteiger partial charge in [0.1, 0.15) is 0 Å². The largest absolute Gasteiger partial charge is 0.504 e. The van der Waals surface area contributed by atoms with Crippen LogP contribution in [0.5, 0.6) is 0 Å². The van der Waals surface area contributed by atoms with Gasteiger partial charge in [-0.2, -0.15) is 0 Å². The number of hydrogen-bond donors (Lipinski definition) is 2. The molecule has 0 unspecified atom stereocenters. The van der Waals surface area contributed by atoms with Crippen molar-refractivity contribution in [1.29, 1.82) is 0 Å². The highest BCUT2D eigenvalue weighted by molar-refractivity contribution is 6.24. The summed E-state index contributed by atoms with van der Waals surface area (Å²) in [5.41, 5.74) is 3.42. The summed E-state index contributed by atoms with van der Waals surface area (Å²) in [7, 11) is 0. The van der Waals surface area contributed by atoms with E-state index in [1.807, 2.05) is 13.0 Å². The first-order valence-corrected chi connectivity index (χ1v) is 11.3. The molecule has 0 bridgehead atoms. The number of allylic oxidation sites excluding steroid dienone is 6. The maximum Gasteiger partial charge on any atom is 0.225 e. The minimum atomic E-state index is -0.396. The molecule has 0 saturated heterocycles. The Morgan fingerprint density at radius 3 is 2.23 bits per heavy atom. The fraction of sp³-hybridized carbons (Fsp3) is 0.615. The standard InChI is InChI=1S/C26H41NO3/c1-8-9-10-14-20-22(27-17-26(5,6)7)23(28)21(25(30)24(20)29)16-15-19(4)13-11-12-18(2)3/h12,15,27,30H,8-11,13-14,16-17H2,1-7H3. The monoisotopic (exact) mass is 415 g/mol. The number of aliphatic hydroxyl groups excluding tert-OH is 1. The Kier molecular flexibility index (Phi) is 10.3. The average Bonchev–Trinajstić information content (AvgIpc) is 2.64. The van der Waals surface area contributed by atoms with Crippen LogP contribution in [0.25, 0.3) is 0 Å².